The van der Waals surface area contributed by atoms with E-state index >= 15 is 0 Å². The fraction of sp³-hybridized carbons (Fsp3) is 0.625. The lowest BCUT2D eigenvalue weighted by molar-refractivity contribution is 0.0889. The van der Waals surface area contributed by atoms with Gasteiger partial charge in [0, 0.05) is 38.3 Å². The molecular weight excluding hydrogens is 283 g/mol. The van der Waals surface area contributed by atoms with Gasteiger partial charge < -0.3 is 10.6 Å². The van der Waals surface area contributed by atoms with Gasteiger partial charge in [0.15, 0.2) is 0 Å². The van der Waals surface area contributed by atoms with E-state index < -0.39 is 5.82 Å². The average Bonchev–Trinajstić information content (AvgIpc) is 2.57. The molecule has 6 heteroatoms. The second kappa shape index (κ2) is 7.15. The summed E-state index contributed by atoms with van der Waals surface area (Å²) < 4.78 is 12.8. The second-order valence-electron chi connectivity index (χ2n) is 6.13. The summed E-state index contributed by atoms with van der Waals surface area (Å²) >= 11 is 0. The first-order valence-corrected chi connectivity index (χ1v) is 8.09. The molecule has 1 aliphatic heterocycles. The summed E-state index contributed by atoms with van der Waals surface area (Å²) in [5.41, 5.74) is 0.283. The molecule has 5 nitrogen and oxygen atoms in total. The third kappa shape index (κ3) is 3.81. The maximum Gasteiger partial charge on any atom is 0.270 e. The zero-order chi connectivity index (χ0) is 15.4. The van der Waals surface area contributed by atoms with Crippen LogP contribution in [0.15, 0.2) is 18.3 Å². The van der Waals surface area contributed by atoms with Crippen LogP contribution in [0.2, 0.25) is 0 Å². The van der Waals surface area contributed by atoms with E-state index in [1.807, 2.05) is 0 Å². The Morgan fingerprint density at radius 3 is 2.59 bits per heavy atom. The highest BCUT2D eigenvalue weighted by Gasteiger charge is 2.27. The first-order chi connectivity index (χ1) is 10.7. The van der Waals surface area contributed by atoms with E-state index in [1.54, 1.807) is 0 Å². The Morgan fingerprint density at radius 2 is 1.95 bits per heavy atom. The Morgan fingerprint density at radius 1 is 1.23 bits per heavy atom. The molecule has 2 N–H and O–H groups in total. The Kier molecular flexibility index (Phi) is 5.00. The van der Waals surface area contributed by atoms with Gasteiger partial charge in [-0.25, -0.2) is 9.37 Å². The molecule has 22 heavy (non-hydrogen) atoms. The molecule has 2 fully saturated rings. The molecule has 1 saturated heterocycles. The van der Waals surface area contributed by atoms with Crippen LogP contribution in [-0.4, -0.2) is 54.1 Å². The molecule has 0 unspecified atom stereocenters. The van der Waals surface area contributed by atoms with Crippen molar-refractivity contribution in [2.45, 2.75) is 37.8 Å². The summed E-state index contributed by atoms with van der Waals surface area (Å²) in [6, 6.07) is 3.55. The summed E-state index contributed by atoms with van der Waals surface area (Å²) in [5.74, 6) is -0.626. The van der Waals surface area contributed by atoms with Crippen LogP contribution in [0, 0.1) is 5.82 Å². The molecule has 0 bridgehead atoms. The first kappa shape index (κ1) is 15.4. The smallest absolute Gasteiger partial charge is 0.270 e. The van der Waals surface area contributed by atoms with Crippen LogP contribution in [0.1, 0.15) is 36.2 Å². The topological polar surface area (TPSA) is 57.3 Å². The third-order valence-corrected chi connectivity index (χ3v) is 4.66. The molecular formula is C16H23FN4O. The Balaban J connectivity index is 1.47. The Bertz CT molecular complexity index is 493. The number of hydrogen-bond acceptors (Lipinski definition) is 4. The largest absolute Gasteiger partial charge is 0.348 e. The molecule has 2 heterocycles. The number of halogens is 1. The minimum atomic E-state index is -0.423. The highest BCUT2D eigenvalue weighted by Crippen LogP contribution is 2.23. The van der Waals surface area contributed by atoms with Crippen molar-refractivity contribution in [2.75, 3.05) is 26.2 Å². The number of nitrogens with one attached hydrogen (secondary N) is 2. The number of amides is 1. The van der Waals surface area contributed by atoms with Crippen molar-refractivity contribution in [3.63, 3.8) is 0 Å². The van der Waals surface area contributed by atoms with E-state index in [1.165, 1.54) is 12.1 Å². The molecule has 0 radical (unpaired) electrons. The van der Waals surface area contributed by atoms with E-state index in [2.05, 4.69) is 20.5 Å². The lowest BCUT2D eigenvalue weighted by Crippen LogP contribution is -2.50. The number of nitrogens with zero attached hydrogens (tertiary/aromatic N) is 2. The fourth-order valence-electron chi connectivity index (χ4n) is 3.40. The highest BCUT2D eigenvalue weighted by molar-refractivity contribution is 5.92. The van der Waals surface area contributed by atoms with Gasteiger partial charge in [-0.2, -0.15) is 0 Å². The van der Waals surface area contributed by atoms with Crippen LogP contribution in [0.4, 0.5) is 4.39 Å². The van der Waals surface area contributed by atoms with Gasteiger partial charge in [0.1, 0.15) is 11.5 Å². The van der Waals surface area contributed by atoms with Crippen LogP contribution in [-0.2, 0) is 0 Å². The van der Waals surface area contributed by atoms with E-state index in [-0.39, 0.29) is 17.6 Å². The van der Waals surface area contributed by atoms with E-state index in [0.717, 1.165) is 58.1 Å². The van der Waals surface area contributed by atoms with Gasteiger partial charge in [-0.3, -0.25) is 9.69 Å². The fourth-order valence-corrected chi connectivity index (χ4v) is 3.40. The quantitative estimate of drug-likeness (QED) is 0.880. The van der Waals surface area contributed by atoms with Gasteiger partial charge in [0.2, 0.25) is 0 Å². The van der Waals surface area contributed by atoms with Crippen molar-refractivity contribution in [1.29, 1.82) is 0 Å². The highest BCUT2D eigenvalue weighted by atomic mass is 19.1. The zero-order valence-electron chi connectivity index (χ0n) is 12.7. The van der Waals surface area contributed by atoms with Gasteiger partial charge in [0.05, 0.1) is 6.20 Å². The molecule has 1 amide bonds. The molecule has 3 rings (SSSR count). The van der Waals surface area contributed by atoms with Crippen molar-refractivity contribution >= 4 is 5.91 Å². The average molecular weight is 306 g/mol. The molecule has 1 aliphatic carbocycles. The summed E-state index contributed by atoms with van der Waals surface area (Å²) in [7, 11) is 0. The normalized spacial score (nSPS) is 26.6. The first-order valence-electron chi connectivity index (χ1n) is 8.09. The van der Waals surface area contributed by atoms with Crippen molar-refractivity contribution < 1.29 is 9.18 Å². The zero-order valence-corrected chi connectivity index (χ0v) is 12.7. The van der Waals surface area contributed by atoms with E-state index in [4.69, 9.17) is 0 Å². The molecule has 120 valence electrons. The lowest BCUT2D eigenvalue weighted by Gasteiger charge is -2.39. The second-order valence-corrected chi connectivity index (χ2v) is 6.13. The van der Waals surface area contributed by atoms with Crippen LogP contribution >= 0.6 is 0 Å². The molecule has 1 saturated carbocycles. The third-order valence-electron chi connectivity index (χ3n) is 4.66. The molecule has 0 atom stereocenters. The Hall–Kier alpha value is -1.53. The standard InChI is InChI=1S/C16H23FN4O/c17-12-1-6-15(19-11-12)16(22)20-13-2-4-14(5-3-13)21-9-7-18-8-10-21/h1,6,11,13-14,18H,2-5,7-10H2,(H,20,22). The van der Waals surface area contributed by atoms with E-state index in [9.17, 15) is 9.18 Å². The molecule has 2 aliphatic rings. The summed E-state index contributed by atoms with van der Waals surface area (Å²) in [5, 5.41) is 6.40. The van der Waals surface area contributed by atoms with Crippen LogP contribution in [0.25, 0.3) is 0 Å². The number of pyridine rings is 1. The van der Waals surface area contributed by atoms with Gasteiger partial charge in [-0.15, -0.1) is 0 Å². The number of piperazine rings is 1. The molecule has 0 aromatic carbocycles. The Labute approximate surface area is 130 Å². The van der Waals surface area contributed by atoms with Crippen molar-refractivity contribution in [3.8, 4) is 0 Å². The predicted molar refractivity (Wildman–Crippen MR) is 82.1 cm³/mol. The van der Waals surface area contributed by atoms with Crippen LogP contribution in [0.3, 0.4) is 0 Å². The lowest BCUT2D eigenvalue weighted by atomic mass is 9.89. The van der Waals surface area contributed by atoms with Crippen molar-refractivity contribution in [1.82, 2.24) is 20.5 Å². The number of carbonyl (C=O) groups excluding carboxylic acids is 1. The van der Waals surface area contributed by atoms with E-state index in [0.29, 0.717) is 6.04 Å². The number of aromatic nitrogens is 1. The minimum Gasteiger partial charge on any atom is -0.348 e. The van der Waals surface area contributed by atoms with Crippen molar-refractivity contribution in [2.24, 2.45) is 0 Å². The molecule has 1 aromatic rings. The van der Waals surface area contributed by atoms with Crippen molar-refractivity contribution in [3.05, 3.63) is 29.8 Å². The summed E-state index contributed by atoms with van der Waals surface area (Å²) in [4.78, 5) is 18.5. The summed E-state index contributed by atoms with van der Waals surface area (Å²) in [6.07, 6.45) is 5.34. The molecule has 1 aromatic heterocycles. The predicted octanol–water partition coefficient (Wildman–Crippen LogP) is 1.17. The van der Waals surface area contributed by atoms with Gasteiger partial charge in [-0.05, 0) is 37.8 Å². The maximum atomic E-state index is 12.8. The van der Waals surface area contributed by atoms with Gasteiger partial charge >= 0.3 is 0 Å². The summed E-state index contributed by atoms with van der Waals surface area (Å²) in [6.45, 7) is 4.40. The van der Waals surface area contributed by atoms with Gasteiger partial charge in [0.25, 0.3) is 5.91 Å². The monoisotopic (exact) mass is 306 g/mol. The number of carbonyl (C=O) groups is 1. The van der Waals surface area contributed by atoms with Crippen LogP contribution in [0.5, 0.6) is 0 Å². The number of rotatable bonds is 3. The SMILES string of the molecule is O=C(NC1CCC(N2CCNCC2)CC1)c1ccc(F)cn1. The van der Waals surface area contributed by atoms with Gasteiger partial charge in [-0.1, -0.05) is 0 Å². The number of hydrogen-bond donors (Lipinski definition) is 2. The maximum absolute atomic E-state index is 12.8. The van der Waals surface area contributed by atoms with Crippen LogP contribution < -0.4 is 10.6 Å². The minimum absolute atomic E-state index is 0.203. The molecule has 0 spiro atoms.